The summed E-state index contributed by atoms with van der Waals surface area (Å²) in [5.74, 6) is -1.70. The van der Waals surface area contributed by atoms with Gasteiger partial charge in [-0.2, -0.15) is 0 Å². The van der Waals surface area contributed by atoms with Gasteiger partial charge < -0.3 is 10.2 Å². The standard InChI is InChI=1S/C9H7BrO4/c10-4-8(12)6-3-5(9(13)14)1-2-7(6)11/h1-3,11H,4H2,(H,13,14). The van der Waals surface area contributed by atoms with Crippen LogP contribution in [0.5, 0.6) is 5.75 Å². The van der Waals surface area contributed by atoms with Crippen LogP contribution in [0.1, 0.15) is 20.7 Å². The molecular weight excluding hydrogens is 252 g/mol. The Morgan fingerprint density at radius 3 is 2.50 bits per heavy atom. The first-order valence-electron chi connectivity index (χ1n) is 3.71. The van der Waals surface area contributed by atoms with E-state index in [4.69, 9.17) is 5.11 Å². The Bertz CT molecular complexity index is 386. The van der Waals surface area contributed by atoms with Gasteiger partial charge in [0.15, 0.2) is 5.78 Å². The molecule has 0 aromatic heterocycles. The predicted octanol–water partition coefficient (Wildman–Crippen LogP) is 1.67. The highest BCUT2D eigenvalue weighted by atomic mass is 79.9. The molecule has 0 radical (unpaired) electrons. The summed E-state index contributed by atoms with van der Waals surface area (Å²) in [4.78, 5) is 21.8. The van der Waals surface area contributed by atoms with E-state index in [9.17, 15) is 14.7 Å². The normalized spacial score (nSPS) is 9.79. The summed E-state index contributed by atoms with van der Waals surface area (Å²) < 4.78 is 0. The Morgan fingerprint density at radius 2 is 2.00 bits per heavy atom. The Kier molecular flexibility index (Phi) is 3.24. The number of alkyl halides is 1. The largest absolute Gasteiger partial charge is 0.507 e. The minimum atomic E-state index is -1.13. The van der Waals surface area contributed by atoms with Crippen molar-refractivity contribution in [2.24, 2.45) is 0 Å². The topological polar surface area (TPSA) is 74.6 Å². The third kappa shape index (κ3) is 2.11. The molecule has 2 N–H and O–H groups in total. The number of halogens is 1. The van der Waals surface area contributed by atoms with Gasteiger partial charge in [0.05, 0.1) is 16.5 Å². The van der Waals surface area contributed by atoms with Crippen molar-refractivity contribution < 1.29 is 19.8 Å². The number of ketones is 1. The number of carboxylic acid groups (broad SMARTS) is 1. The van der Waals surface area contributed by atoms with E-state index in [0.717, 1.165) is 6.07 Å². The lowest BCUT2D eigenvalue weighted by molar-refractivity contribution is 0.0697. The summed E-state index contributed by atoms with van der Waals surface area (Å²) in [5, 5.41) is 18.0. The Labute approximate surface area is 88.3 Å². The molecule has 0 bridgehead atoms. The van der Waals surface area contributed by atoms with Crippen molar-refractivity contribution in [3.8, 4) is 5.75 Å². The molecule has 74 valence electrons. The van der Waals surface area contributed by atoms with Crippen LogP contribution in [0, 0.1) is 0 Å². The van der Waals surface area contributed by atoms with Gasteiger partial charge in [-0.3, -0.25) is 4.79 Å². The van der Waals surface area contributed by atoms with Crippen molar-refractivity contribution in [2.45, 2.75) is 0 Å². The second-order valence-electron chi connectivity index (χ2n) is 2.59. The van der Waals surface area contributed by atoms with E-state index >= 15 is 0 Å². The molecule has 14 heavy (non-hydrogen) atoms. The van der Waals surface area contributed by atoms with E-state index in [1.807, 2.05) is 0 Å². The van der Waals surface area contributed by atoms with Crippen LogP contribution in [0.3, 0.4) is 0 Å². The second-order valence-corrected chi connectivity index (χ2v) is 3.15. The molecule has 0 aliphatic rings. The van der Waals surface area contributed by atoms with E-state index in [1.165, 1.54) is 12.1 Å². The molecule has 0 saturated heterocycles. The lowest BCUT2D eigenvalue weighted by atomic mass is 10.1. The van der Waals surface area contributed by atoms with Crippen LogP contribution in [0.4, 0.5) is 0 Å². The lowest BCUT2D eigenvalue weighted by Crippen LogP contribution is -2.04. The summed E-state index contributed by atoms with van der Waals surface area (Å²) in [5.41, 5.74) is -0.00567. The highest BCUT2D eigenvalue weighted by Gasteiger charge is 2.12. The van der Waals surface area contributed by atoms with Gasteiger partial charge in [0, 0.05) is 0 Å². The molecule has 0 spiro atoms. The maximum atomic E-state index is 11.2. The van der Waals surface area contributed by atoms with E-state index < -0.39 is 5.97 Å². The highest BCUT2D eigenvalue weighted by Crippen LogP contribution is 2.19. The minimum Gasteiger partial charge on any atom is -0.507 e. The quantitative estimate of drug-likeness (QED) is 0.639. The fourth-order valence-electron chi connectivity index (χ4n) is 0.964. The van der Waals surface area contributed by atoms with Gasteiger partial charge in [-0.25, -0.2) is 4.79 Å². The fourth-order valence-corrected chi connectivity index (χ4v) is 1.27. The smallest absolute Gasteiger partial charge is 0.335 e. The van der Waals surface area contributed by atoms with Crippen LogP contribution in [0.25, 0.3) is 0 Å². The molecule has 0 atom stereocenters. The minimum absolute atomic E-state index is 0.0155. The maximum Gasteiger partial charge on any atom is 0.335 e. The predicted molar refractivity (Wildman–Crippen MR) is 53.2 cm³/mol. The third-order valence-corrected chi connectivity index (χ3v) is 2.17. The van der Waals surface area contributed by atoms with Crippen molar-refractivity contribution in [1.82, 2.24) is 0 Å². The van der Waals surface area contributed by atoms with Crippen molar-refractivity contribution in [2.75, 3.05) is 5.33 Å². The van der Waals surface area contributed by atoms with Gasteiger partial charge in [-0.15, -0.1) is 0 Å². The number of aromatic hydroxyl groups is 1. The molecule has 0 saturated carbocycles. The van der Waals surface area contributed by atoms with Gasteiger partial charge in [-0.1, -0.05) is 15.9 Å². The number of phenols is 1. The zero-order valence-electron chi connectivity index (χ0n) is 7.03. The SMILES string of the molecule is O=C(O)c1ccc(O)c(C(=O)CBr)c1. The monoisotopic (exact) mass is 258 g/mol. The average Bonchev–Trinajstić information content (AvgIpc) is 2.17. The van der Waals surface area contributed by atoms with E-state index in [-0.39, 0.29) is 28.0 Å². The number of Topliss-reactive ketones (excluding diaryl/α,β-unsaturated/α-hetero) is 1. The van der Waals surface area contributed by atoms with Crippen LogP contribution in [0.15, 0.2) is 18.2 Å². The number of hydrogen-bond donors (Lipinski definition) is 2. The molecular formula is C9H7BrO4. The summed E-state index contributed by atoms with van der Waals surface area (Å²) in [6.45, 7) is 0. The molecule has 5 heteroatoms. The zero-order chi connectivity index (χ0) is 10.7. The summed E-state index contributed by atoms with van der Waals surface area (Å²) in [6.07, 6.45) is 0. The molecule has 0 amide bonds. The number of phenolic OH excluding ortho intramolecular Hbond substituents is 1. The van der Waals surface area contributed by atoms with Crippen LogP contribution in [-0.2, 0) is 0 Å². The van der Waals surface area contributed by atoms with Gasteiger partial charge in [0.2, 0.25) is 0 Å². The first-order valence-corrected chi connectivity index (χ1v) is 4.84. The van der Waals surface area contributed by atoms with Crippen LogP contribution >= 0.6 is 15.9 Å². The number of carboxylic acids is 1. The first kappa shape index (κ1) is 10.7. The summed E-state index contributed by atoms with van der Waals surface area (Å²) in [7, 11) is 0. The van der Waals surface area contributed by atoms with Crippen molar-refractivity contribution >= 4 is 27.7 Å². The van der Waals surface area contributed by atoms with Crippen LogP contribution < -0.4 is 0 Å². The third-order valence-electron chi connectivity index (χ3n) is 1.67. The van der Waals surface area contributed by atoms with Gasteiger partial charge in [0.1, 0.15) is 5.75 Å². The number of aromatic carboxylic acids is 1. The molecule has 0 unspecified atom stereocenters. The average molecular weight is 259 g/mol. The van der Waals surface area contributed by atoms with Gasteiger partial charge in [0.25, 0.3) is 0 Å². The molecule has 4 nitrogen and oxygen atoms in total. The Balaban J connectivity index is 3.21. The Morgan fingerprint density at radius 1 is 1.36 bits per heavy atom. The Hall–Kier alpha value is -1.36. The fraction of sp³-hybridized carbons (Fsp3) is 0.111. The molecule has 1 aromatic rings. The van der Waals surface area contributed by atoms with Crippen LogP contribution in [0.2, 0.25) is 0 Å². The van der Waals surface area contributed by atoms with Crippen LogP contribution in [-0.4, -0.2) is 27.3 Å². The maximum absolute atomic E-state index is 11.2. The number of carbonyl (C=O) groups is 2. The first-order chi connectivity index (χ1) is 6.56. The van der Waals surface area contributed by atoms with Crippen molar-refractivity contribution in [1.29, 1.82) is 0 Å². The van der Waals surface area contributed by atoms with E-state index in [0.29, 0.717) is 0 Å². The molecule has 0 heterocycles. The molecule has 0 fully saturated rings. The zero-order valence-corrected chi connectivity index (χ0v) is 8.61. The molecule has 0 aliphatic heterocycles. The number of carbonyl (C=O) groups excluding carboxylic acids is 1. The molecule has 1 aromatic carbocycles. The molecule has 1 rings (SSSR count). The van der Waals surface area contributed by atoms with Crippen molar-refractivity contribution in [3.63, 3.8) is 0 Å². The summed E-state index contributed by atoms with van der Waals surface area (Å²) in [6, 6.07) is 3.59. The van der Waals surface area contributed by atoms with Gasteiger partial charge >= 0.3 is 5.97 Å². The van der Waals surface area contributed by atoms with Crippen molar-refractivity contribution in [3.05, 3.63) is 29.3 Å². The second kappa shape index (κ2) is 4.23. The number of rotatable bonds is 3. The number of benzene rings is 1. The van der Waals surface area contributed by atoms with E-state index in [1.54, 1.807) is 0 Å². The lowest BCUT2D eigenvalue weighted by Gasteiger charge is -2.02. The highest BCUT2D eigenvalue weighted by molar-refractivity contribution is 9.09. The number of hydrogen-bond acceptors (Lipinski definition) is 3. The van der Waals surface area contributed by atoms with Gasteiger partial charge in [-0.05, 0) is 18.2 Å². The van der Waals surface area contributed by atoms with E-state index in [2.05, 4.69) is 15.9 Å². The summed E-state index contributed by atoms with van der Waals surface area (Å²) >= 11 is 2.94. The molecule has 0 aliphatic carbocycles.